The molecule has 2 N–H and O–H groups in total. The fourth-order valence-electron chi connectivity index (χ4n) is 3.75. The van der Waals surface area contributed by atoms with E-state index in [2.05, 4.69) is 10.5 Å². The molecule has 0 bridgehead atoms. The normalized spacial score (nSPS) is 13.6. The Morgan fingerprint density at radius 2 is 1.88 bits per heavy atom. The maximum absolute atomic E-state index is 12.8. The molecule has 0 fully saturated rings. The molecule has 1 amide bonds. The van der Waals surface area contributed by atoms with Crippen LogP contribution >= 0.6 is 11.6 Å². The molecule has 0 aliphatic rings. The number of carboxylic acid groups (broad SMARTS) is 1. The second-order valence-corrected chi connectivity index (χ2v) is 8.75. The SMILES string of the molecule is COC[C@](C)(C[C@@H](Cc1ccc(-c2cccc(Cl)c2)cc1)NC(=O)c1cc(OC)no1)C(=O)O. The molecule has 8 nitrogen and oxygen atoms in total. The number of ether oxygens (including phenoxy) is 2. The Bertz CT molecular complexity index is 1130. The zero-order valence-corrected chi connectivity index (χ0v) is 20.0. The van der Waals surface area contributed by atoms with Crippen LogP contribution in [-0.4, -0.2) is 49.0 Å². The Morgan fingerprint density at radius 1 is 1.15 bits per heavy atom. The highest BCUT2D eigenvalue weighted by atomic mass is 35.5. The van der Waals surface area contributed by atoms with E-state index in [0.29, 0.717) is 11.4 Å². The summed E-state index contributed by atoms with van der Waals surface area (Å²) in [6.07, 6.45) is 0.544. The topological polar surface area (TPSA) is 111 Å². The van der Waals surface area contributed by atoms with Gasteiger partial charge in [-0.15, -0.1) is 0 Å². The molecule has 3 rings (SSSR count). The predicted octanol–water partition coefficient (Wildman–Crippen LogP) is 4.47. The highest BCUT2D eigenvalue weighted by molar-refractivity contribution is 6.30. The lowest BCUT2D eigenvalue weighted by molar-refractivity contribution is -0.152. The van der Waals surface area contributed by atoms with Crippen molar-refractivity contribution in [1.82, 2.24) is 10.5 Å². The maximum atomic E-state index is 12.8. The molecule has 0 radical (unpaired) electrons. The maximum Gasteiger partial charge on any atom is 0.311 e. The Labute approximate surface area is 202 Å². The first kappa shape index (κ1) is 25.3. The number of rotatable bonds is 11. The van der Waals surface area contributed by atoms with Crippen molar-refractivity contribution >= 4 is 23.5 Å². The highest BCUT2D eigenvalue weighted by Gasteiger charge is 2.37. The van der Waals surface area contributed by atoms with Crippen molar-refractivity contribution < 1.29 is 28.7 Å². The van der Waals surface area contributed by atoms with Crippen LogP contribution < -0.4 is 10.1 Å². The lowest BCUT2D eigenvalue weighted by atomic mass is 9.82. The average Bonchev–Trinajstić information content (AvgIpc) is 3.29. The summed E-state index contributed by atoms with van der Waals surface area (Å²) in [5.41, 5.74) is 1.71. The quantitative estimate of drug-likeness (QED) is 0.411. The monoisotopic (exact) mass is 486 g/mol. The van der Waals surface area contributed by atoms with Crippen molar-refractivity contribution in [3.63, 3.8) is 0 Å². The molecule has 0 aliphatic carbocycles. The zero-order chi connectivity index (χ0) is 24.7. The van der Waals surface area contributed by atoms with E-state index in [1.807, 2.05) is 48.5 Å². The Balaban J connectivity index is 1.82. The van der Waals surface area contributed by atoms with Gasteiger partial charge >= 0.3 is 5.97 Å². The molecule has 3 aromatic rings. The van der Waals surface area contributed by atoms with Crippen molar-refractivity contribution in [1.29, 1.82) is 0 Å². The predicted molar refractivity (Wildman–Crippen MR) is 127 cm³/mol. The van der Waals surface area contributed by atoms with Gasteiger partial charge < -0.3 is 24.4 Å². The first-order chi connectivity index (χ1) is 16.2. The third-order valence-electron chi connectivity index (χ3n) is 5.53. The van der Waals surface area contributed by atoms with Gasteiger partial charge in [0.05, 0.1) is 25.2 Å². The summed E-state index contributed by atoms with van der Waals surface area (Å²) in [6.45, 7) is 1.59. The summed E-state index contributed by atoms with van der Waals surface area (Å²) in [7, 11) is 2.86. The number of aromatic nitrogens is 1. The summed E-state index contributed by atoms with van der Waals surface area (Å²) in [6, 6.07) is 16.2. The lowest BCUT2D eigenvalue weighted by Crippen LogP contribution is -2.44. The van der Waals surface area contributed by atoms with Gasteiger partial charge in [0.1, 0.15) is 0 Å². The molecule has 180 valence electrons. The third-order valence-corrected chi connectivity index (χ3v) is 5.76. The second kappa shape index (κ2) is 11.2. The van der Waals surface area contributed by atoms with Crippen LogP contribution in [0, 0.1) is 5.41 Å². The molecule has 9 heteroatoms. The Morgan fingerprint density at radius 3 is 2.47 bits per heavy atom. The van der Waals surface area contributed by atoms with Gasteiger partial charge in [-0.05, 0) is 53.7 Å². The number of halogens is 1. The largest absolute Gasteiger partial charge is 0.481 e. The van der Waals surface area contributed by atoms with E-state index in [-0.39, 0.29) is 24.7 Å². The van der Waals surface area contributed by atoms with E-state index in [9.17, 15) is 14.7 Å². The minimum atomic E-state index is -1.20. The molecular formula is C25H27ClN2O6. The molecule has 0 aliphatic heterocycles. The molecule has 2 aromatic carbocycles. The number of amides is 1. The zero-order valence-electron chi connectivity index (χ0n) is 19.2. The summed E-state index contributed by atoms with van der Waals surface area (Å²) in [4.78, 5) is 24.7. The van der Waals surface area contributed by atoms with Crippen molar-refractivity contribution in [3.8, 4) is 17.0 Å². The van der Waals surface area contributed by atoms with Crippen molar-refractivity contribution in [2.24, 2.45) is 5.41 Å². The van der Waals surface area contributed by atoms with E-state index in [1.54, 1.807) is 6.92 Å². The number of hydrogen-bond donors (Lipinski definition) is 2. The van der Waals surface area contributed by atoms with Crippen LogP contribution in [0.15, 0.2) is 59.1 Å². The van der Waals surface area contributed by atoms with Gasteiger partial charge in [-0.25, -0.2) is 0 Å². The Kier molecular flexibility index (Phi) is 8.31. The third kappa shape index (κ3) is 6.36. The van der Waals surface area contributed by atoms with E-state index in [0.717, 1.165) is 16.7 Å². The number of nitrogens with zero attached hydrogens (tertiary/aromatic N) is 1. The van der Waals surface area contributed by atoms with Crippen molar-refractivity contribution in [2.75, 3.05) is 20.8 Å². The van der Waals surface area contributed by atoms with Crippen LogP contribution in [0.5, 0.6) is 5.88 Å². The van der Waals surface area contributed by atoms with Crippen LogP contribution in [0.1, 0.15) is 29.5 Å². The van der Waals surface area contributed by atoms with Crippen LogP contribution in [0.4, 0.5) is 0 Å². The number of benzene rings is 2. The summed E-state index contributed by atoms with van der Waals surface area (Å²) < 4.78 is 15.1. The van der Waals surface area contributed by atoms with E-state index < -0.39 is 23.3 Å². The van der Waals surface area contributed by atoms with E-state index in [1.165, 1.54) is 20.3 Å². The lowest BCUT2D eigenvalue weighted by Gasteiger charge is -2.29. The van der Waals surface area contributed by atoms with Gasteiger partial charge in [-0.2, -0.15) is 0 Å². The fourth-order valence-corrected chi connectivity index (χ4v) is 3.94. The number of aliphatic carboxylic acids is 1. The molecule has 2 atom stereocenters. The van der Waals surface area contributed by atoms with Crippen molar-refractivity contribution in [2.45, 2.75) is 25.8 Å². The van der Waals surface area contributed by atoms with E-state index >= 15 is 0 Å². The smallest absolute Gasteiger partial charge is 0.311 e. The van der Waals surface area contributed by atoms with Gasteiger partial charge in [0.25, 0.3) is 11.8 Å². The van der Waals surface area contributed by atoms with Crippen LogP contribution in [0.2, 0.25) is 5.02 Å². The minimum absolute atomic E-state index is 0.00145. The number of hydrogen-bond acceptors (Lipinski definition) is 6. The molecular weight excluding hydrogens is 460 g/mol. The highest BCUT2D eigenvalue weighted by Crippen LogP contribution is 2.27. The molecule has 0 spiro atoms. The summed E-state index contributed by atoms with van der Waals surface area (Å²) >= 11 is 6.10. The first-order valence-electron chi connectivity index (χ1n) is 10.6. The first-order valence-corrected chi connectivity index (χ1v) is 11.0. The number of carboxylic acids is 1. The minimum Gasteiger partial charge on any atom is -0.481 e. The second-order valence-electron chi connectivity index (χ2n) is 8.32. The van der Waals surface area contributed by atoms with Gasteiger partial charge in [-0.1, -0.05) is 48.0 Å². The van der Waals surface area contributed by atoms with Gasteiger partial charge in [0, 0.05) is 18.2 Å². The van der Waals surface area contributed by atoms with Crippen LogP contribution in [0.25, 0.3) is 11.1 Å². The number of methoxy groups -OCH3 is 2. The van der Waals surface area contributed by atoms with Gasteiger partial charge in [0.15, 0.2) is 0 Å². The summed E-state index contributed by atoms with van der Waals surface area (Å²) in [5.74, 6) is -1.37. The molecule has 0 unspecified atom stereocenters. The molecule has 1 heterocycles. The number of nitrogens with one attached hydrogen (secondary N) is 1. The number of carbonyl (C=O) groups excluding carboxylic acids is 1. The molecule has 1 aromatic heterocycles. The molecule has 0 saturated heterocycles. The van der Waals surface area contributed by atoms with Gasteiger partial charge in [0.2, 0.25) is 5.76 Å². The van der Waals surface area contributed by atoms with E-state index in [4.69, 9.17) is 25.6 Å². The fraction of sp³-hybridized carbons (Fsp3) is 0.320. The Hall–Kier alpha value is -3.36. The standard InChI is InChI=1S/C25H27ClN2O6/c1-25(15-32-2,24(30)31)14-20(27-23(29)21-13-22(33-3)28-34-21)11-16-7-9-17(10-8-16)18-5-4-6-19(26)12-18/h4-10,12-13,20H,11,14-15H2,1-3H3,(H,27,29)(H,30,31)/t20-,25+/m1/s1. The number of carbonyl (C=O) groups is 2. The van der Waals surface area contributed by atoms with Crippen LogP contribution in [-0.2, 0) is 16.0 Å². The van der Waals surface area contributed by atoms with Gasteiger partial charge in [-0.3, -0.25) is 9.59 Å². The summed E-state index contributed by atoms with van der Waals surface area (Å²) in [5, 5.41) is 17.0. The average molecular weight is 487 g/mol. The molecule has 34 heavy (non-hydrogen) atoms. The molecule has 0 saturated carbocycles. The van der Waals surface area contributed by atoms with Crippen LogP contribution in [0.3, 0.4) is 0 Å². The van der Waals surface area contributed by atoms with Crippen molar-refractivity contribution in [3.05, 3.63) is 70.9 Å².